The predicted molar refractivity (Wildman–Crippen MR) is 124 cm³/mol. The average molecular weight is 433 g/mol. The van der Waals surface area contributed by atoms with Crippen LogP contribution in [0.3, 0.4) is 0 Å². The summed E-state index contributed by atoms with van der Waals surface area (Å²) in [4.78, 5) is 21.6. The van der Waals surface area contributed by atoms with Crippen LogP contribution in [0, 0.1) is 23.2 Å². The fourth-order valence-electron chi connectivity index (χ4n) is 7.27. The van der Waals surface area contributed by atoms with Crippen molar-refractivity contribution in [3.8, 4) is 0 Å². The van der Waals surface area contributed by atoms with Crippen LogP contribution >= 0.6 is 0 Å². The van der Waals surface area contributed by atoms with Crippen molar-refractivity contribution in [1.29, 1.82) is 0 Å². The van der Waals surface area contributed by atoms with Crippen molar-refractivity contribution in [2.24, 2.45) is 23.2 Å². The molecule has 5 aliphatic rings. The lowest BCUT2D eigenvalue weighted by Gasteiger charge is -2.57. The molecule has 3 heterocycles. The summed E-state index contributed by atoms with van der Waals surface area (Å²) in [6, 6.07) is 7.75. The third kappa shape index (κ3) is 3.93. The molecular weight excluding hydrogens is 400 g/mol. The first-order chi connectivity index (χ1) is 15.6. The molecule has 1 amide bonds. The quantitative estimate of drug-likeness (QED) is 0.773. The Morgan fingerprint density at radius 2 is 1.56 bits per heavy atom. The first-order valence-electron chi connectivity index (χ1n) is 12.2. The zero-order chi connectivity index (χ0) is 21.5. The predicted octanol–water partition coefficient (Wildman–Crippen LogP) is 3.87. The number of hydrogen-bond donors (Lipinski definition) is 1. The van der Waals surface area contributed by atoms with Gasteiger partial charge in [0.1, 0.15) is 0 Å². The van der Waals surface area contributed by atoms with Gasteiger partial charge in [0.25, 0.3) is 0 Å². The Morgan fingerprint density at radius 1 is 0.906 bits per heavy atom. The molecular formula is C25H32N6O. The summed E-state index contributed by atoms with van der Waals surface area (Å²) >= 11 is 0. The van der Waals surface area contributed by atoms with Crippen molar-refractivity contribution in [2.45, 2.75) is 44.9 Å². The van der Waals surface area contributed by atoms with Crippen molar-refractivity contribution in [3.05, 3.63) is 36.7 Å². The largest absolute Gasteiger partial charge is 0.352 e. The molecule has 7 rings (SSSR count). The number of piperazine rings is 1. The van der Waals surface area contributed by atoms with Crippen LogP contribution in [0.2, 0.25) is 0 Å². The lowest BCUT2D eigenvalue weighted by atomic mass is 9.49. The van der Waals surface area contributed by atoms with Gasteiger partial charge in [0.2, 0.25) is 5.91 Å². The molecule has 1 N–H and O–H groups in total. The van der Waals surface area contributed by atoms with Crippen LogP contribution in [0.25, 0.3) is 0 Å². The number of carbonyl (C=O) groups is 1. The van der Waals surface area contributed by atoms with Gasteiger partial charge in [-0.25, -0.2) is 0 Å². The first kappa shape index (κ1) is 19.9. The Balaban J connectivity index is 1.03. The highest BCUT2D eigenvalue weighted by molar-refractivity contribution is 5.77. The maximum Gasteiger partial charge on any atom is 0.223 e. The molecule has 2 aromatic rings. The summed E-state index contributed by atoms with van der Waals surface area (Å²) in [6.07, 6.45) is 12.5. The van der Waals surface area contributed by atoms with Crippen LogP contribution in [0.4, 0.5) is 17.3 Å². The van der Waals surface area contributed by atoms with Gasteiger partial charge in [0.15, 0.2) is 11.6 Å². The second-order valence-corrected chi connectivity index (χ2v) is 10.6. The van der Waals surface area contributed by atoms with Gasteiger partial charge in [0, 0.05) is 50.7 Å². The van der Waals surface area contributed by atoms with Crippen LogP contribution < -0.4 is 10.2 Å². The Bertz CT molecular complexity index is 919. The number of amides is 1. The lowest BCUT2D eigenvalue weighted by Crippen LogP contribution is -2.52. The number of nitrogens with one attached hydrogen (secondary N) is 1. The third-order valence-corrected chi connectivity index (χ3v) is 8.25. The van der Waals surface area contributed by atoms with Crippen molar-refractivity contribution < 1.29 is 4.79 Å². The molecule has 0 radical (unpaired) electrons. The SMILES string of the molecule is O=C(CC12CC3CC(CC(C3)C1)C2)N1CCN(c2ccc(Nc3ccncc3)nn2)CC1. The minimum Gasteiger partial charge on any atom is -0.352 e. The zero-order valence-electron chi connectivity index (χ0n) is 18.6. The Labute approximate surface area is 189 Å². The van der Waals surface area contributed by atoms with Crippen molar-refractivity contribution in [1.82, 2.24) is 20.1 Å². The van der Waals surface area contributed by atoms with Gasteiger partial charge in [0.05, 0.1) is 0 Å². The summed E-state index contributed by atoms with van der Waals surface area (Å²) in [6.45, 7) is 3.20. The molecule has 32 heavy (non-hydrogen) atoms. The maximum atomic E-state index is 13.2. The summed E-state index contributed by atoms with van der Waals surface area (Å²) in [7, 11) is 0. The normalized spacial score (nSPS) is 31.1. The molecule has 7 heteroatoms. The highest BCUT2D eigenvalue weighted by atomic mass is 16.2. The summed E-state index contributed by atoms with van der Waals surface area (Å²) in [5.41, 5.74) is 1.26. The van der Waals surface area contributed by atoms with Crippen molar-refractivity contribution in [3.63, 3.8) is 0 Å². The Hall–Kier alpha value is -2.70. The van der Waals surface area contributed by atoms with Gasteiger partial charge in [-0.3, -0.25) is 9.78 Å². The Morgan fingerprint density at radius 3 is 2.16 bits per heavy atom. The highest BCUT2D eigenvalue weighted by Crippen LogP contribution is 2.61. The topological polar surface area (TPSA) is 74.2 Å². The van der Waals surface area contributed by atoms with Gasteiger partial charge in [-0.15, -0.1) is 10.2 Å². The van der Waals surface area contributed by atoms with Gasteiger partial charge in [-0.2, -0.15) is 0 Å². The zero-order valence-corrected chi connectivity index (χ0v) is 18.6. The molecule has 4 saturated carbocycles. The molecule has 1 saturated heterocycles. The molecule has 0 unspecified atom stereocenters. The molecule has 0 aromatic carbocycles. The van der Waals surface area contributed by atoms with Crippen LogP contribution in [-0.4, -0.2) is 52.2 Å². The minimum absolute atomic E-state index is 0.325. The second-order valence-electron chi connectivity index (χ2n) is 10.6. The van der Waals surface area contributed by atoms with Gasteiger partial charge >= 0.3 is 0 Å². The molecule has 168 valence electrons. The molecule has 5 fully saturated rings. The molecule has 0 atom stereocenters. The van der Waals surface area contributed by atoms with Crippen LogP contribution in [0.1, 0.15) is 44.9 Å². The number of carbonyl (C=O) groups excluding carboxylic acids is 1. The van der Waals surface area contributed by atoms with Crippen molar-refractivity contribution in [2.75, 3.05) is 36.4 Å². The lowest BCUT2D eigenvalue weighted by molar-refractivity contribution is -0.139. The van der Waals surface area contributed by atoms with E-state index in [4.69, 9.17) is 0 Å². The number of pyridine rings is 1. The summed E-state index contributed by atoms with van der Waals surface area (Å²) in [5, 5.41) is 12.0. The fourth-order valence-corrected chi connectivity index (χ4v) is 7.27. The average Bonchev–Trinajstić information content (AvgIpc) is 2.79. The van der Waals surface area contributed by atoms with E-state index in [9.17, 15) is 4.79 Å². The molecule has 4 aliphatic carbocycles. The van der Waals surface area contributed by atoms with Gasteiger partial charge < -0.3 is 15.1 Å². The van der Waals surface area contributed by atoms with Crippen LogP contribution in [-0.2, 0) is 4.79 Å². The van der Waals surface area contributed by atoms with E-state index in [0.29, 0.717) is 17.1 Å². The van der Waals surface area contributed by atoms with E-state index in [0.717, 1.165) is 61.9 Å². The first-order valence-corrected chi connectivity index (χ1v) is 12.2. The van der Waals surface area contributed by atoms with Crippen LogP contribution in [0.15, 0.2) is 36.7 Å². The standard InChI is InChI=1S/C25H32N6O/c32-24(17-25-14-18-11-19(15-25)13-20(12-18)16-25)31-9-7-30(8-10-31)23-2-1-22(28-29-23)27-21-3-5-26-6-4-21/h1-6,18-20H,7-17H2,(H,26,27,28). The molecule has 7 nitrogen and oxygen atoms in total. The Kier molecular flexibility index (Phi) is 5.00. The summed E-state index contributed by atoms with van der Waals surface area (Å²) < 4.78 is 0. The van der Waals surface area contributed by atoms with E-state index < -0.39 is 0 Å². The van der Waals surface area contributed by atoms with Crippen molar-refractivity contribution >= 4 is 23.2 Å². The van der Waals surface area contributed by atoms with Crippen LogP contribution in [0.5, 0.6) is 0 Å². The number of hydrogen-bond acceptors (Lipinski definition) is 6. The molecule has 0 spiro atoms. The molecule has 1 aliphatic heterocycles. The summed E-state index contributed by atoms with van der Waals surface area (Å²) in [5.74, 6) is 4.68. The van der Waals surface area contributed by atoms with Gasteiger partial charge in [-0.1, -0.05) is 0 Å². The fraction of sp³-hybridized carbons (Fsp3) is 0.600. The molecule has 4 bridgehead atoms. The smallest absolute Gasteiger partial charge is 0.223 e. The highest BCUT2D eigenvalue weighted by Gasteiger charge is 2.51. The third-order valence-electron chi connectivity index (χ3n) is 8.25. The van der Waals surface area contributed by atoms with Gasteiger partial charge in [-0.05, 0) is 86.0 Å². The van der Waals surface area contributed by atoms with E-state index in [-0.39, 0.29) is 0 Å². The van der Waals surface area contributed by atoms with E-state index in [1.54, 1.807) is 12.4 Å². The monoisotopic (exact) mass is 432 g/mol. The second kappa shape index (κ2) is 8.01. The minimum atomic E-state index is 0.325. The number of nitrogens with zero attached hydrogens (tertiary/aromatic N) is 5. The molecule has 2 aromatic heterocycles. The van der Waals surface area contributed by atoms with E-state index >= 15 is 0 Å². The van der Waals surface area contributed by atoms with E-state index in [1.165, 1.54) is 38.5 Å². The van der Waals surface area contributed by atoms with E-state index in [2.05, 4.69) is 30.3 Å². The number of anilines is 3. The number of rotatable bonds is 5. The number of aromatic nitrogens is 3. The van der Waals surface area contributed by atoms with E-state index in [1.807, 2.05) is 24.3 Å². The maximum absolute atomic E-state index is 13.2.